The number of amides is 1. The van der Waals surface area contributed by atoms with Crippen molar-refractivity contribution in [1.82, 2.24) is 4.98 Å². The minimum atomic E-state index is -0.542. The molecule has 0 saturated carbocycles. The minimum Gasteiger partial charge on any atom is -0.452 e. The van der Waals surface area contributed by atoms with Crippen molar-refractivity contribution in [2.45, 2.75) is 0 Å². The van der Waals surface area contributed by atoms with E-state index in [9.17, 15) is 9.59 Å². The molecule has 6 nitrogen and oxygen atoms in total. The summed E-state index contributed by atoms with van der Waals surface area (Å²) in [6, 6.07) is 6.99. The highest BCUT2D eigenvalue weighted by Gasteiger charge is 2.12. The van der Waals surface area contributed by atoms with Crippen LogP contribution >= 0.6 is 27.3 Å². The van der Waals surface area contributed by atoms with Crippen LogP contribution in [0.5, 0.6) is 0 Å². The van der Waals surface area contributed by atoms with Crippen LogP contribution in [0.2, 0.25) is 0 Å². The third-order valence-corrected chi connectivity index (χ3v) is 4.05. The van der Waals surface area contributed by atoms with Crippen LogP contribution in [0.4, 0.5) is 10.8 Å². The lowest BCUT2D eigenvalue weighted by Crippen LogP contribution is -2.21. The first-order valence-corrected chi connectivity index (χ1v) is 7.92. The fraction of sp³-hybridized carbons (Fsp3) is 0.214. The number of nitrogens with one attached hydrogen (secondary N) is 1. The quantitative estimate of drug-likeness (QED) is 0.803. The van der Waals surface area contributed by atoms with E-state index in [1.165, 1.54) is 11.3 Å². The number of thiazole rings is 1. The van der Waals surface area contributed by atoms with Gasteiger partial charge in [-0.3, -0.25) is 10.1 Å². The highest BCUT2D eigenvalue weighted by atomic mass is 79.9. The number of halogens is 1. The van der Waals surface area contributed by atoms with Crippen LogP contribution in [-0.2, 0) is 9.53 Å². The van der Waals surface area contributed by atoms with Crippen molar-refractivity contribution in [2.75, 3.05) is 30.9 Å². The SMILES string of the molecule is CN(C)c1cccc(C(=O)OCC(=O)Nc2ncc(Br)s2)c1. The fourth-order valence-corrected chi connectivity index (χ4v) is 2.72. The summed E-state index contributed by atoms with van der Waals surface area (Å²) in [5.74, 6) is -0.974. The monoisotopic (exact) mass is 383 g/mol. The van der Waals surface area contributed by atoms with Crippen molar-refractivity contribution in [3.05, 3.63) is 39.8 Å². The van der Waals surface area contributed by atoms with Gasteiger partial charge in [0.1, 0.15) is 0 Å². The molecule has 0 aliphatic rings. The molecule has 1 amide bonds. The molecule has 0 bridgehead atoms. The molecule has 2 rings (SSSR count). The molecular formula is C14H14BrN3O3S. The van der Waals surface area contributed by atoms with Crippen molar-refractivity contribution in [2.24, 2.45) is 0 Å². The summed E-state index contributed by atoms with van der Waals surface area (Å²) < 4.78 is 5.81. The summed E-state index contributed by atoms with van der Waals surface area (Å²) in [5, 5.41) is 3.00. The first-order valence-electron chi connectivity index (χ1n) is 6.31. The summed E-state index contributed by atoms with van der Waals surface area (Å²) >= 11 is 4.53. The normalized spacial score (nSPS) is 10.1. The second-order valence-corrected chi connectivity index (χ2v) is 6.95. The van der Waals surface area contributed by atoms with E-state index < -0.39 is 11.9 Å². The molecule has 0 saturated heterocycles. The molecule has 1 aromatic carbocycles. The van der Waals surface area contributed by atoms with Crippen LogP contribution < -0.4 is 10.2 Å². The van der Waals surface area contributed by atoms with Crippen molar-refractivity contribution < 1.29 is 14.3 Å². The molecule has 0 aliphatic heterocycles. The van der Waals surface area contributed by atoms with E-state index in [1.54, 1.807) is 24.4 Å². The Morgan fingerprint density at radius 2 is 2.18 bits per heavy atom. The topological polar surface area (TPSA) is 71.5 Å². The highest BCUT2D eigenvalue weighted by molar-refractivity contribution is 9.11. The third-order valence-electron chi connectivity index (χ3n) is 2.66. The van der Waals surface area contributed by atoms with Gasteiger partial charge in [0.2, 0.25) is 0 Å². The smallest absolute Gasteiger partial charge is 0.338 e. The number of nitrogens with zero attached hydrogens (tertiary/aromatic N) is 2. The summed E-state index contributed by atoms with van der Waals surface area (Å²) in [5.41, 5.74) is 1.28. The molecule has 0 spiro atoms. The Bertz CT molecular complexity index is 687. The van der Waals surface area contributed by atoms with E-state index in [0.29, 0.717) is 10.7 Å². The van der Waals surface area contributed by atoms with Crippen molar-refractivity contribution in [1.29, 1.82) is 0 Å². The molecule has 2 aromatic rings. The van der Waals surface area contributed by atoms with Gasteiger partial charge in [-0.1, -0.05) is 17.4 Å². The standard InChI is InChI=1S/C14H14BrN3O3S/c1-18(2)10-5-3-4-9(6-10)13(20)21-8-12(19)17-14-16-7-11(15)22-14/h3-7H,8H2,1-2H3,(H,16,17,19). The molecule has 1 N–H and O–H groups in total. The number of benzene rings is 1. The molecule has 1 heterocycles. The lowest BCUT2D eigenvalue weighted by molar-refractivity contribution is -0.119. The first-order chi connectivity index (χ1) is 10.5. The van der Waals surface area contributed by atoms with Gasteiger partial charge in [-0.25, -0.2) is 9.78 Å². The van der Waals surface area contributed by atoms with Gasteiger partial charge in [0, 0.05) is 19.8 Å². The molecule has 116 valence electrons. The predicted octanol–water partition coefficient (Wildman–Crippen LogP) is 2.77. The number of rotatable bonds is 5. The predicted molar refractivity (Wildman–Crippen MR) is 89.5 cm³/mol. The number of hydrogen-bond donors (Lipinski definition) is 1. The Labute approximate surface area is 140 Å². The average Bonchev–Trinajstić information content (AvgIpc) is 2.90. The zero-order chi connectivity index (χ0) is 16.1. The number of ether oxygens (including phenoxy) is 1. The Morgan fingerprint density at radius 3 is 2.82 bits per heavy atom. The molecule has 0 aliphatic carbocycles. The van der Waals surface area contributed by atoms with Crippen LogP contribution in [-0.4, -0.2) is 37.6 Å². The number of hydrogen-bond acceptors (Lipinski definition) is 6. The Morgan fingerprint density at radius 1 is 1.41 bits per heavy atom. The molecule has 0 atom stereocenters. The molecule has 0 fully saturated rings. The van der Waals surface area contributed by atoms with E-state index in [4.69, 9.17) is 4.74 Å². The van der Waals surface area contributed by atoms with Crippen molar-refractivity contribution >= 4 is 50.0 Å². The van der Waals surface area contributed by atoms with Gasteiger partial charge in [0.25, 0.3) is 5.91 Å². The van der Waals surface area contributed by atoms with Crippen molar-refractivity contribution in [3.8, 4) is 0 Å². The van der Waals surface area contributed by atoms with Crippen LogP contribution in [0.1, 0.15) is 10.4 Å². The zero-order valence-electron chi connectivity index (χ0n) is 12.0. The van der Waals surface area contributed by atoms with Gasteiger partial charge >= 0.3 is 5.97 Å². The first kappa shape index (κ1) is 16.4. The second-order valence-electron chi connectivity index (χ2n) is 4.54. The maximum absolute atomic E-state index is 11.9. The highest BCUT2D eigenvalue weighted by Crippen LogP contribution is 2.22. The third kappa shape index (κ3) is 4.54. The summed E-state index contributed by atoms with van der Waals surface area (Å²) in [6.07, 6.45) is 1.58. The lowest BCUT2D eigenvalue weighted by Gasteiger charge is -2.13. The number of aromatic nitrogens is 1. The van der Waals surface area contributed by atoms with Crippen LogP contribution in [0, 0.1) is 0 Å². The van der Waals surface area contributed by atoms with E-state index in [2.05, 4.69) is 26.2 Å². The van der Waals surface area contributed by atoms with E-state index in [-0.39, 0.29) is 6.61 Å². The molecule has 1 aromatic heterocycles. The van der Waals surface area contributed by atoms with Gasteiger partial charge in [-0.05, 0) is 34.1 Å². The Hall–Kier alpha value is -1.93. The molecule has 0 radical (unpaired) electrons. The largest absolute Gasteiger partial charge is 0.452 e. The lowest BCUT2D eigenvalue weighted by atomic mass is 10.2. The van der Waals surface area contributed by atoms with Gasteiger partial charge in [0.05, 0.1) is 15.5 Å². The second kappa shape index (κ2) is 7.37. The Kier molecular flexibility index (Phi) is 5.51. The number of esters is 1. The number of carbonyl (C=O) groups is 2. The molecule has 0 unspecified atom stereocenters. The molecular weight excluding hydrogens is 370 g/mol. The average molecular weight is 384 g/mol. The van der Waals surface area contributed by atoms with Gasteiger partial charge in [-0.15, -0.1) is 0 Å². The summed E-state index contributed by atoms with van der Waals surface area (Å²) in [6.45, 7) is -0.359. The molecule has 22 heavy (non-hydrogen) atoms. The van der Waals surface area contributed by atoms with Gasteiger partial charge in [-0.2, -0.15) is 0 Å². The molecule has 8 heteroatoms. The van der Waals surface area contributed by atoms with E-state index in [1.807, 2.05) is 25.1 Å². The number of carbonyl (C=O) groups excluding carboxylic acids is 2. The number of anilines is 2. The van der Waals surface area contributed by atoms with Crippen LogP contribution in [0.15, 0.2) is 34.2 Å². The van der Waals surface area contributed by atoms with Gasteiger partial charge in [0.15, 0.2) is 11.7 Å². The van der Waals surface area contributed by atoms with E-state index in [0.717, 1.165) is 9.47 Å². The Balaban J connectivity index is 1.89. The summed E-state index contributed by atoms with van der Waals surface area (Å²) in [4.78, 5) is 29.5. The fourth-order valence-electron chi connectivity index (χ4n) is 1.59. The van der Waals surface area contributed by atoms with Crippen molar-refractivity contribution in [3.63, 3.8) is 0 Å². The van der Waals surface area contributed by atoms with Crippen LogP contribution in [0.25, 0.3) is 0 Å². The maximum atomic E-state index is 11.9. The van der Waals surface area contributed by atoms with Crippen LogP contribution in [0.3, 0.4) is 0 Å². The van der Waals surface area contributed by atoms with E-state index >= 15 is 0 Å². The summed E-state index contributed by atoms with van der Waals surface area (Å²) in [7, 11) is 3.76. The maximum Gasteiger partial charge on any atom is 0.338 e. The van der Waals surface area contributed by atoms with Gasteiger partial charge < -0.3 is 9.64 Å². The minimum absolute atomic E-state index is 0.359. The zero-order valence-corrected chi connectivity index (χ0v) is 14.4.